The molecule has 2 N–H and O–H groups in total. The number of carbonyl (C=O) groups excluding carboxylic acids is 1. The number of pyridine rings is 1. The monoisotopic (exact) mass is 429 g/mol. The van der Waals surface area contributed by atoms with Gasteiger partial charge in [0, 0.05) is 25.1 Å². The molecule has 0 spiro atoms. The van der Waals surface area contributed by atoms with Crippen molar-refractivity contribution in [2.75, 3.05) is 12.4 Å². The zero-order valence-corrected chi connectivity index (χ0v) is 17.2. The summed E-state index contributed by atoms with van der Waals surface area (Å²) in [4.78, 5) is 29.4. The summed E-state index contributed by atoms with van der Waals surface area (Å²) in [5.41, 5.74) is 1.09. The number of halogens is 1. The fourth-order valence-corrected chi connectivity index (χ4v) is 3.66. The molecular weight excluding hydrogens is 410 g/mol. The molecule has 1 aliphatic heterocycles. The van der Waals surface area contributed by atoms with Crippen LogP contribution in [0.3, 0.4) is 0 Å². The van der Waals surface area contributed by atoms with Gasteiger partial charge in [-0.1, -0.05) is 11.6 Å². The second-order valence-electron chi connectivity index (χ2n) is 7.04. The van der Waals surface area contributed by atoms with Gasteiger partial charge in [0.2, 0.25) is 5.88 Å². The van der Waals surface area contributed by atoms with Crippen LogP contribution >= 0.6 is 11.6 Å². The molecule has 3 heterocycles. The number of aromatic nitrogens is 4. The van der Waals surface area contributed by atoms with Gasteiger partial charge in [-0.3, -0.25) is 9.36 Å². The lowest BCUT2D eigenvalue weighted by molar-refractivity contribution is 0.102. The zero-order valence-electron chi connectivity index (χ0n) is 16.5. The summed E-state index contributed by atoms with van der Waals surface area (Å²) in [5.74, 6) is 0.233. The minimum Gasteiger partial charge on any atom is -0.507 e. The average Bonchev–Trinajstić information content (AvgIpc) is 3.07. The molecule has 10 heteroatoms. The van der Waals surface area contributed by atoms with Gasteiger partial charge in [0.05, 0.1) is 35.3 Å². The van der Waals surface area contributed by atoms with E-state index in [2.05, 4.69) is 15.4 Å². The summed E-state index contributed by atoms with van der Waals surface area (Å²) >= 11 is 6.36. The summed E-state index contributed by atoms with van der Waals surface area (Å²) in [6.07, 6.45) is 4.06. The number of fused-ring (bicyclic) bond motifs is 1. The smallest absolute Gasteiger partial charge is 0.350 e. The normalized spacial score (nSPS) is 13.0. The summed E-state index contributed by atoms with van der Waals surface area (Å²) < 4.78 is 7.83. The van der Waals surface area contributed by atoms with Gasteiger partial charge in [-0.15, -0.1) is 5.10 Å². The molecule has 2 aromatic heterocycles. The number of hydrogen-bond donors (Lipinski definition) is 2. The van der Waals surface area contributed by atoms with E-state index in [9.17, 15) is 14.7 Å². The Kier molecular flexibility index (Phi) is 5.21. The number of aryl methyl sites for hydroxylation is 2. The molecule has 9 nitrogen and oxygen atoms in total. The van der Waals surface area contributed by atoms with E-state index in [0.29, 0.717) is 30.4 Å². The highest BCUT2D eigenvalue weighted by atomic mass is 35.5. The number of carbonyl (C=O) groups is 1. The molecule has 1 amide bonds. The van der Waals surface area contributed by atoms with Gasteiger partial charge in [-0.05, 0) is 31.4 Å². The Bertz CT molecular complexity index is 1200. The lowest BCUT2D eigenvalue weighted by Crippen LogP contribution is -2.26. The largest absolute Gasteiger partial charge is 0.507 e. The SMILES string of the molecule is COc1cc(C)c(NC(=O)c2cc(Cl)c(-n3nc4n(c3=O)CCCC4)cc2O)cn1. The van der Waals surface area contributed by atoms with Crippen molar-refractivity contribution < 1.29 is 14.6 Å². The summed E-state index contributed by atoms with van der Waals surface area (Å²) in [6, 6.07) is 4.27. The number of aromatic hydroxyl groups is 1. The van der Waals surface area contributed by atoms with Gasteiger partial charge in [0.1, 0.15) is 11.6 Å². The highest BCUT2D eigenvalue weighted by molar-refractivity contribution is 6.33. The van der Waals surface area contributed by atoms with Crippen molar-refractivity contribution in [2.24, 2.45) is 0 Å². The van der Waals surface area contributed by atoms with E-state index < -0.39 is 5.91 Å². The van der Waals surface area contributed by atoms with Crippen LogP contribution in [-0.4, -0.2) is 37.5 Å². The van der Waals surface area contributed by atoms with Crippen molar-refractivity contribution in [3.05, 3.63) is 56.9 Å². The van der Waals surface area contributed by atoms with Crippen molar-refractivity contribution in [3.8, 4) is 17.3 Å². The van der Waals surface area contributed by atoms with Gasteiger partial charge in [0.25, 0.3) is 5.91 Å². The minimum absolute atomic E-state index is 0.0315. The third kappa shape index (κ3) is 3.52. The molecule has 3 aromatic rings. The number of ether oxygens (including phenoxy) is 1. The van der Waals surface area contributed by atoms with E-state index in [-0.39, 0.29) is 27.7 Å². The van der Waals surface area contributed by atoms with Crippen molar-refractivity contribution in [2.45, 2.75) is 32.7 Å². The molecule has 0 saturated heterocycles. The maximum absolute atomic E-state index is 12.7. The van der Waals surface area contributed by atoms with Gasteiger partial charge in [-0.2, -0.15) is 4.68 Å². The third-order valence-electron chi connectivity index (χ3n) is 5.05. The van der Waals surface area contributed by atoms with Crippen molar-refractivity contribution >= 4 is 23.2 Å². The predicted octanol–water partition coefficient (Wildman–Crippen LogP) is 2.69. The third-order valence-corrected chi connectivity index (χ3v) is 5.35. The molecule has 0 atom stereocenters. The number of amides is 1. The highest BCUT2D eigenvalue weighted by Crippen LogP contribution is 2.29. The first-order chi connectivity index (χ1) is 14.4. The maximum atomic E-state index is 12.7. The maximum Gasteiger partial charge on any atom is 0.350 e. The summed E-state index contributed by atoms with van der Waals surface area (Å²) in [5, 5.41) is 17.6. The van der Waals surface area contributed by atoms with Gasteiger partial charge in [-0.25, -0.2) is 9.78 Å². The van der Waals surface area contributed by atoms with Crippen LogP contribution in [0, 0.1) is 6.92 Å². The molecule has 1 aromatic carbocycles. The van der Waals surface area contributed by atoms with Gasteiger partial charge >= 0.3 is 5.69 Å². The number of phenolic OH excluding ortho intramolecular Hbond substituents is 1. The number of benzene rings is 1. The minimum atomic E-state index is -0.563. The molecular formula is C20H20ClN5O4. The molecule has 30 heavy (non-hydrogen) atoms. The molecule has 1 aliphatic rings. The first-order valence-corrected chi connectivity index (χ1v) is 9.80. The Morgan fingerprint density at radius 3 is 2.80 bits per heavy atom. The Morgan fingerprint density at radius 2 is 2.10 bits per heavy atom. The van der Waals surface area contributed by atoms with Crippen LogP contribution in [0.1, 0.15) is 34.6 Å². The molecule has 0 saturated carbocycles. The fourth-order valence-electron chi connectivity index (χ4n) is 3.41. The number of phenols is 1. The predicted molar refractivity (Wildman–Crippen MR) is 111 cm³/mol. The Morgan fingerprint density at radius 1 is 1.30 bits per heavy atom. The van der Waals surface area contributed by atoms with Crippen LogP contribution in [0.25, 0.3) is 5.69 Å². The number of methoxy groups -OCH3 is 1. The average molecular weight is 430 g/mol. The zero-order chi connectivity index (χ0) is 21.4. The first-order valence-electron chi connectivity index (χ1n) is 9.42. The molecule has 0 aliphatic carbocycles. The van der Waals surface area contributed by atoms with Crippen LogP contribution in [0.15, 0.2) is 29.2 Å². The van der Waals surface area contributed by atoms with Crippen molar-refractivity contribution in [1.82, 2.24) is 19.3 Å². The van der Waals surface area contributed by atoms with Crippen molar-refractivity contribution in [1.29, 1.82) is 0 Å². The second kappa shape index (κ2) is 7.83. The van der Waals surface area contributed by atoms with Crippen molar-refractivity contribution in [3.63, 3.8) is 0 Å². The van der Waals surface area contributed by atoms with Crippen LogP contribution in [0.2, 0.25) is 5.02 Å². The number of anilines is 1. The number of rotatable bonds is 4. The van der Waals surface area contributed by atoms with E-state index in [1.165, 1.54) is 30.1 Å². The standard InChI is InChI=1S/C20H20ClN5O4/c1-11-7-18(30-2)22-10-14(11)23-19(28)12-8-13(21)15(9-16(12)27)26-20(29)25-6-4-3-5-17(25)24-26/h7-10,27H,3-6H2,1-2H3,(H,23,28). The topological polar surface area (TPSA) is 111 Å². The lowest BCUT2D eigenvalue weighted by Gasteiger charge is -2.12. The molecule has 156 valence electrons. The van der Waals surface area contributed by atoms with Gasteiger partial charge < -0.3 is 15.2 Å². The Hall–Kier alpha value is -3.33. The van der Waals surface area contributed by atoms with Crippen LogP contribution in [-0.2, 0) is 13.0 Å². The van der Waals surface area contributed by atoms with E-state index in [1.807, 2.05) is 0 Å². The molecule has 0 fully saturated rings. The number of nitrogens with one attached hydrogen (secondary N) is 1. The molecule has 0 unspecified atom stereocenters. The molecule has 0 radical (unpaired) electrons. The lowest BCUT2D eigenvalue weighted by atomic mass is 10.1. The molecule has 4 rings (SSSR count). The van der Waals surface area contributed by atoms with Gasteiger partial charge in [0.15, 0.2) is 0 Å². The summed E-state index contributed by atoms with van der Waals surface area (Å²) in [7, 11) is 1.50. The Balaban J connectivity index is 1.66. The number of hydrogen-bond acceptors (Lipinski definition) is 6. The first kappa shape index (κ1) is 20.0. The van der Waals surface area contributed by atoms with Crippen LogP contribution < -0.4 is 15.7 Å². The van der Waals surface area contributed by atoms with Crippen LogP contribution in [0.4, 0.5) is 5.69 Å². The second-order valence-corrected chi connectivity index (χ2v) is 7.44. The molecule has 0 bridgehead atoms. The highest BCUT2D eigenvalue weighted by Gasteiger charge is 2.22. The van der Waals surface area contributed by atoms with E-state index >= 15 is 0 Å². The van der Waals surface area contributed by atoms with E-state index in [4.69, 9.17) is 16.3 Å². The van der Waals surface area contributed by atoms with Crippen LogP contribution in [0.5, 0.6) is 11.6 Å². The fraction of sp³-hybridized carbons (Fsp3) is 0.300. The summed E-state index contributed by atoms with van der Waals surface area (Å²) in [6.45, 7) is 2.40. The van der Waals surface area contributed by atoms with E-state index in [1.54, 1.807) is 17.6 Å². The number of nitrogens with zero attached hydrogens (tertiary/aromatic N) is 4. The van der Waals surface area contributed by atoms with E-state index in [0.717, 1.165) is 18.4 Å². The Labute approximate surface area is 176 Å². The quantitative estimate of drug-likeness (QED) is 0.659.